The van der Waals surface area contributed by atoms with Gasteiger partial charge in [-0.3, -0.25) is 9.59 Å². The van der Waals surface area contributed by atoms with Crippen LogP contribution in [-0.4, -0.2) is 31.1 Å². The Labute approximate surface area is 124 Å². The average Bonchev–Trinajstić information content (AvgIpc) is 2.47. The maximum atomic E-state index is 11.5. The SMILES string of the molecule is CCC(C)NC(=O)COC(=O)CCOc1ccccc1N. The largest absolute Gasteiger partial charge is 0.491 e. The summed E-state index contributed by atoms with van der Waals surface area (Å²) >= 11 is 0. The molecule has 0 radical (unpaired) electrons. The molecule has 0 aliphatic heterocycles. The van der Waals surface area contributed by atoms with E-state index in [1.165, 1.54) is 0 Å². The third-order valence-electron chi connectivity index (χ3n) is 2.87. The topological polar surface area (TPSA) is 90.6 Å². The summed E-state index contributed by atoms with van der Waals surface area (Å²) in [5.41, 5.74) is 6.21. The number of carbonyl (C=O) groups is 2. The van der Waals surface area contributed by atoms with Crippen LogP contribution in [0.3, 0.4) is 0 Å². The summed E-state index contributed by atoms with van der Waals surface area (Å²) in [5, 5.41) is 2.71. The van der Waals surface area contributed by atoms with Crippen molar-refractivity contribution in [2.24, 2.45) is 0 Å². The van der Waals surface area contributed by atoms with E-state index < -0.39 is 5.97 Å². The second-order valence-corrected chi connectivity index (χ2v) is 4.67. The van der Waals surface area contributed by atoms with Crippen LogP contribution in [0.4, 0.5) is 5.69 Å². The van der Waals surface area contributed by atoms with E-state index in [0.29, 0.717) is 11.4 Å². The summed E-state index contributed by atoms with van der Waals surface area (Å²) in [6, 6.07) is 7.10. The zero-order valence-corrected chi connectivity index (χ0v) is 12.4. The number of nitrogens with two attached hydrogens (primary N) is 1. The molecule has 0 aromatic heterocycles. The predicted octanol–water partition coefficient (Wildman–Crippen LogP) is 1.50. The molecule has 0 heterocycles. The van der Waals surface area contributed by atoms with Crippen molar-refractivity contribution in [1.29, 1.82) is 0 Å². The summed E-state index contributed by atoms with van der Waals surface area (Å²) < 4.78 is 10.2. The van der Waals surface area contributed by atoms with Gasteiger partial charge < -0.3 is 20.5 Å². The lowest BCUT2D eigenvalue weighted by atomic mass is 10.2. The molecule has 1 atom stereocenters. The lowest BCUT2D eigenvalue weighted by Crippen LogP contribution is -2.35. The van der Waals surface area contributed by atoms with E-state index in [4.69, 9.17) is 15.2 Å². The van der Waals surface area contributed by atoms with Crippen LogP contribution in [0.15, 0.2) is 24.3 Å². The summed E-state index contributed by atoms with van der Waals surface area (Å²) in [4.78, 5) is 22.9. The number of esters is 1. The lowest BCUT2D eigenvalue weighted by molar-refractivity contribution is -0.149. The molecule has 0 aliphatic rings. The molecule has 1 rings (SSSR count). The van der Waals surface area contributed by atoms with E-state index in [9.17, 15) is 9.59 Å². The molecule has 1 aromatic carbocycles. The van der Waals surface area contributed by atoms with Gasteiger partial charge in [-0.25, -0.2) is 0 Å². The van der Waals surface area contributed by atoms with Gasteiger partial charge in [-0.2, -0.15) is 0 Å². The van der Waals surface area contributed by atoms with Crippen molar-refractivity contribution >= 4 is 17.6 Å². The zero-order valence-electron chi connectivity index (χ0n) is 12.4. The minimum atomic E-state index is -0.483. The van der Waals surface area contributed by atoms with Crippen LogP contribution in [0.1, 0.15) is 26.7 Å². The van der Waals surface area contributed by atoms with Crippen molar-refractivity contribution in [2.75, 3.05) is 18.9 Å². The van der Waals surface area contributed by atoms with Crippen molar-refractivity contribution in [3.8, 4) is 5.75 Å². The van der Waals surface area contributed by atoms with Gasteiger partial charge in [0.1, 0.15) is 5.75 Å². The van der Waals surface area contributed by atoms with Crippen LogP contribution in [-0.2, 0) is 14.3 Å². The van der Waals surface area contributed by atoms with Gasteiger partial charge in [0.05, 0.1) is 18.7 Å². The Morgan fingerprint density at radius 1 is 1.33 bits per heavy atom. The van der Waals surface area contributed by atoms with E-state index in [1.807, 2.05) is 13.8 Å². The Hall–Kier alpha value is -2.24. The molecule has 0 bridgehead atoms. The molecule has 0 saturated carbocycles. The fourth-order valence-electron chi connectivity index (χ4n) is 1.49. The van der Waals surface area contributed by atoms with Crippen molar-refractivity contribution < 1.29 is 19.1 Å². The van der Waals surface area contributed by atoms with Gasteiger partial charge in [0, 0.05) is 6.04 Å². The first-order valence-corrected chi connectivity index (χ1v) is 6.95. The van der Waals surface area contributed by atoms with Crippen molar-refractivity contribution in [3.05, 3.63) is 24.3 Å². The fourth-order valence-corrected chi connectivity index (χ4v) is 1.49. The van der Waals surface area contributed by atoms with E-state index in [2.05, 4.69) is 5.32 Å². The Balaban J connectivity index is 2.20. The molecule has 1 amide bonds. The molecular weight excluding hydrogens is 272 g/mol. The molecule has 21 heavy (non-hydrogen) atoms. The Morgan fingerprint density at radius 3 is 2.71 bits per heavy atom. The molecule has 116 valence electrons. The molecule has 6 nitrogen and oxygen atoms in total. The monoisotopic (exact) mass is 294 g/mol. The van der Waals surface area contributed by atoms with Crippen LogP contribution in [0.5, 0.6) is 5.75 Å². The van der Waals surface area contributed by atoms with Crippen LogP contribution in [0.2, 0.25) is 0 Å². The van der Waals surface area contributed by atoms with Crippen LogP contribution in [0.25, 0.3) is 0 Å². The quantitative estimate of drug-likeness (QED) is 0.560. The number of para-hydroxylation sites is 2. The highest BCUT2D eigenvalue weighted by molar-refractivity contribution is 5.80. The lowest BCUT2D eigenvalue weighted by Gasteiger charge is -2.11. The second kappa shape index (κ2) is 8.84. The Bertz CT molecular complexity index is 476. The Kier molecular flexibility index (Phi) is 7.08. The number of rotatable bonds is 8. The Morgan fingerprint density at radius 2 is 2.05 bits per heavy atom. The van der Waals surface area contributed by atoms with Gasteiger partial charge in [-0.1, -0.05) is 19.1 Å². The molecule has 0 fully saturated rings. The van der Waals surface area contributed by atoms with E-state index in [-0.39, 0.29) is 31.6 Å². The maximum Gasteiger partial charge on any atom is 0.309 e. The highest BCUT2D eigenvalue weighted by atomic mass is 16.5. The fraction of sp³-hybridized carbons (Fsp3) is 0.467. The van der Waals surface area contributed by atoms with E-state index in [0.717, 1.165) is 6.42 Å². The summed E-state index contributed by atoms with van der Waals surface area (Å²) in [6.45, 7) is 3.73. The molecule has 0 spiro atoms. The van der Waals surface area contributed by atoms with Crippen molar-refractivity contribution in [1.82, 2.24) is 5.32 Å². The smallest absolute Gasteiger partial charge is 0.309 e. The molecule has 0 saturated heterocycles. The molecule has 1 aromatic rings. The average molecular weight is 294 g/mol. The number of carbonyl (C=O) groups excluding carboxylic acids is 2. The number of hydrogen-bond acceptors (Lipinski definition) is 5. The van der Waals surface area contributed by atoms with Gasteiger partial charge >= 0.3 is 5.97 Å². The third kappa shape index (κ3) is 6.65. The minimum absolute atomic E-state index is 0.0605. The highest BCUT2D eigenvalue weighted by Gasteiger charge is 2.10. The maximum absolute atomic E-state index is 11.5. The first-order chi connectivity index (χ1) is 10.0. The molecule has 1 unspecified atom stereocenters. The standard InChI is InChI=1S/C15H22N2O4/c1-3-11(2)17-14(18)10-21-15(19)8-9-20-13-7-5-4-6-12(13)16/h4-7,11H,3,8-10,16H2,1-2H3,(H,17,18). The van der Waals surface area contributed by atoms with Crippen LogP contribution in [0, 0.1) is 0 Å². The molecule has 0 aliphatic carbocycles. The summed E-state index contributed by atoms with van der Waals surface area (Å²) in [7, 11) is 0. The number of ether oxygens (including phenoxy) is 2. The van der Waals surface area contributed by atoms with Gasteiger partial charge in [-0.05, 0) is 25.5 Å². The number of anilines is 1. The van der Waals surface area contributed by atoms with E-state index in [1.54, 1.807) is 24.3 Å². The van der Waals surface area contributed by atoms with E-state index >= 15 is 0 Å². The number of benzene rings is 1. The first-order valence-electron chi connectivity index (χ1n) is 6.95. The van der Waals surface area contributed by atoms with Crippen LogP contribution < -0.4 is 15.8 Å². The molecular formula is C15H22N2O4. The van der Waals surface area contributed by atoms with Gasteiger partial charge in [0.15, 0.2) is 6.61 Å². The number of amides is 1. The molecule has 6 heteroatoms. The second-order valence-electron chi connectivity index (χ2n) is 4.67. The highest BCUT2D eigenvalue weighted by Crippen LogP contribution is 2.19. The number of hydrogen-bond donors (Lipinski definition) is 2. The molecule has 3 N–H and O–H groups in total. The van der Waals surface area contributed by atoms with Crippen molar-refractivity contribution in [3.63, 3.8) is 0 Å². The first kappa shape index (κ1) is 16.8. The van der Waals surface area contributed by atoms with Gasteiger partial charge in [0.2, 0.25) is 0 Å². The third-order valence-corrected chi connectivity index (χ3v) is 2.87. The van der Waals surface area contributed by atoms with Crippen molar-refractivity contribution in [2.45, 2.75) is 32.7 Å². The predicted molar refractivity (Wildman–Crippen MR) is 79.8 cm³/mol. The number of nitrogen functional groups attached to an aromatic ring is 1. The van der Waals surface area contributed by atoms with Gasteiger partial charge in [0.25, 0.3) is 5.91 Å². The summed E-state index contributed by atoms with van der Waals surface area (Å²) in [5.74, 6) is -0.255. The minimum Gasteiger partial charge on any atom is -0.491 e. The zero-order chi connectivity index (χ0) is 15.7. The normalized spacial score (nSPS) is 11.5. The van der Waals surface area contributed by atoms with Gasteiger partial charge in [-0.15, -0.1) is 0 Å². The number of nitrogens with one attached hydrogen (secondary N) is 1. The van der Waals surface area contributed by atoms with Crippen LogP contribution >= 0.6 is 0 Å². The summed E-state index contributed by atoms with van der Waals surface area (Å²) in [6.07, 6.45) is 0.886.